The van der Waals surface area contributed by atoms with Crippen molar-refractivity contribution in [2.45, 2.75) is 13.1 Å². The number of nitrogens with one attached hydrogen (secondary N) is 1. The van der Waals surface area contributed by atoms with Gasteiger partial charge in [-0.05, 0) is 7.05 Å². The maximum absolute atomic E-state index is 12.3. The Hall–Kier alpha value is -1.93. The molecular weight excluding hydrogens is 262 g/mol. The molecule has 2 aromatic heterocycles. The smallest absolute Gasteiger partial charge is 0.332 e. The second-order valence-electron chi connectivity index (χ2n) is 4.58. The summed E-state index contributed by atoms with van der Waals surface area (Å²) in [6, 6.07) is 0. The van der Waals surface area contributed by atoms with E-state index < -0.39 is 0 Å². The largest absolute Gasteiger partial charge is 0.383 e. The van der Waals surface area contributed by atoms with Crippen LogP contribution < -0.4 is 16.6 Å². The Labute approximate surface area is 115 Å². The van der Waals surface area contributed by atoms with Crippen molar-refractivity contribution in [1.29, 1.82) is 0 Å². The molecule has 2 heterocycles. The molecule has 0 radical (unpaired) electrons. The minimum absolute atomic E-state index is 0.337. The van der Waals surface area contributed by atoms with E-state index in [4.69, 9.17) is 4.74 Å². The lowest BCUT2D eigenvalue weighted by Gasteiger charge is -2.08. The third-order valence-electron chi connectivity index (χ3n) is 3.30. The van der Waals surface area contributed by atoms with E-state index in [9.17, 15) is 9.59 Å². The van der Waals surface area contributed by atoms with Gasteiger partial charge in [0.2, 0.25) is 0 Å². The number of hydrogen-bond acceptors (Lipinski definition) is 5. The number of hydrogen-bond donors (Lipinski definition) is 1. The molecule has 0 amide bonds. The van der Waals surface area contributed by atoms with Gasteiger partial charge >= 0.3 is 5.69 Å². The van der Waals surface area contributed by atoms with Crippen molar-refractivity contribution < 1.29 is 4.74 Å². The highest BCUT2D eigenvalue weighted by Crippen LogP contribution is 2.09. The Kier molecular flexibility index (Phi) is 4.05. The number of imidazole rings is 1. The second-order valence-corrected chi connectivity index (χ2v) is 4.58. The van der Waals surface area contributed by atoms with E-state index in [-0.39, 0.29) is 11.2 Å². The molecule has 8 nitrogen and oxygen atoms in total. The van der Waals surface area contributed by atoms with Gasteiger partial charge < -0.3 is 14.6 Å². The topological polar surface area (TPSA) is 83.1 Å². The summed E-state index contributed by atoms with van der Waals surface area (Å²) in [6.45, 7) is 1.26. The van der Waals surface area contributed by atoms with Crippen LogP contribution in [0.15, 0.2) is 9.59 Å². The van der Waals surface area contributed by atoms with Crippen molar-refractivity contribution in [3.8, 4) is 0 Å². The van der Waals surface area contributed by atoms with Gasteiger partial charge in [-0.1, -0.05) is 0 Å². The van der Waals surface area contributed by atoms with Gasteiger partial charge in [-0.25, -0.2) is 9.78 Å². The predicted molar refractivity (Wildman–Crippen MR) is 74.9 cm³/mol. The summed E-state index contributed by atoms with van der Waals surface area (Å²) in [6.07, 6.45) is 0. The zero-order valence-electron chi connectivity index (χ0n) is 12.1. The number of rotatable bonds is 5. The molecule has 0 bridgehead atoms. The molecule has 0 unspecified atom stereocenters. The third kappa shape index (κ3) is 2.16. The number of ether oxygens (including phenoxy) is 1. The number of fused-ring (bicyclic) bond motifs is 1. The first-order valence-electron chi connectivity index (χ1n) is 6.31. The van der Waals surface area contributed by atoms with E-state index in [1.165, 1.54) is 11.6 Å². The van der Waals surface area contributed by atoms with Crippen LogP contribution in [-0.4, -0.2) is 39.4 Å². The number of aryl methyl sites for hydroxylation is 1. The van der Waals surface area contributed by atoms with E-state index in [1.54, 1.807) is 25.8 Å². The summed E-state index contributed by atoms with van der Waals surface area (Å²) in [7, 11) is 6.61. The number of nitrogens with zero attached hydrogens (tertiary/aromatic N) is 4. The second kappa shape index (κ2) is 5.59. The van der Waals surface area contributed by atoms with Gasteiger partial charge in [0.1, 0.15) is 5.82 Å². The van der Waals surface area contributed by atoms with Crippen LogP contribution in [-0.2, 0) is 31.9 Å². The van der Waals surface area contributed by atoms with Crippen LogP contribution in [0.25, 0.3) is 11.2 Å². The number of aromatic nitrogens is 4. The van der Waals surface area contributed by atoms with Crippen molar-refractivity contribution in [1.82, 2.24) is 24.0 Å². The fraction of sp³-hybridized carbons (Fsp3) is 0.583. The summed E-state index contributed by atoms with van der Waals surface area (Å²) < 4.78 is 9.30. The Bertz CT molecular complexity index is 740. The van der Waals surface area contributed by atoms with Crippen LogP contribution in [0.5, 0.6) is 0 Å². The summed E-state index contributed by atoms with van der Waals surface area (Å²) in [5.74, 6) is 0.705. The normalized spacial score (nSPS) is 11.4. The summed E-state index contributed by atoms with van der Waals surface area (Å²) in [5, 5.41) is 2.99. The van der Waals surface area contributed by atoms with E-state index in [0.29, 0.717) is 36.7 Å². The average Bonchev–Trinajstić information content (AvgIpc) is 2.74. The van der Waals surface area contributed by atoms with Crippen LogP contribution >= 0.6 is 0 Å². The molecule has 0 aromatic carbocycles. The molecule has 0 fully saturated rings. The lowest BCUT2D eigenvalue weighted by molar-refractivity contribution is 0.186. The molecular formula is C12H19N5O3. The molecule has 2 aromatic rings. The first-order chi connectivity index (χ1) is 9.52. The number of methoxy groups -OCH3 is 1. The van der Waals surface area contributed by atoms with Crippen molar-refractivity contribution >= 4 is 11.2 Å². The Balaban J connectivity index is 2.80. The standard InChI is InChI=1S/C12H19N5O3/c1-13-7-8-14-10-9(15(8)2)11(18)16(3)12(19)17(10)5-6-20-4/h13H,5-7H2,1-4H3. The van der Waals surface area contributed by atoms with Crippen molar-refractivity contribution in [2.24, 2.45) is 14.1 Å². The molecule has 0 atom stereocenters. The van der Waals surface area contributed by atoms with Crippen molar-refractivity contribution in [2.75, 3.05) is 20.8 Å². The minimum atomic E-state index is -0.381. The third-order valence-corrected chi connectivity index (χ3v) is 3.30. The maximum atomic E-state index is 12.3. The van der Waals surface area contributed by atoms with Gasteiger partial charge in [0.25, 0.3) is 5.56 Å². The molecule has 0 aliphatic carbocycles. The molecule has 110 valence electrons. The molecule has 2 rings (SSSR count). The molecule has 0 spiro atoms. The quantitative estimate of drug-likeness (QED) is 0.744. The maximum Gasteiger partial charge on any atom is 0.332 e. The van der Waals surface area contributed by atoms with Crippen LogP contribution in [0.3, 0.4) is 0 Å². The molecule has 0 aliphatic rings. The highest BCUT2D eigenvalue weighted by molar-refractivity contribution is 5.71. The highest BCUT2D eigenvalue weighted by Gasteiger charge is 2.17. The fourth-order valence-corrected chi connectivity index (χ4v) is 2.17. The Morgan fingerprint density at radius 3 is 2.55 bits per heavy atom. The molecule has 0 saturated carbocycles. The SMILES string of the molecule is CNCc1nc2c(c(=O)n(C)c(=O)n2CCOC)n1C. The lowest BCUT2D eigenvalue weighted by atomic mass is 10.5. The Morgan fingerprint density at radius 1 is 1.25 bits per heavy atom. The van der Waals surface area contributed by atoms with Gasteiger partial charge in [-0.3, -0.25) is 13.9 Å². The monoisotopic (exact) mass is 281 g/mol. The van der Waals surface area contributed by atoms with Crippen molar-refractivity contribution in [3.63, 3.8) is 0 Å². The molecule has 0 aliphatic heterocycles. The van der Waals surface area contributed by atoms with Gasteiger partial charge in [0.15, 0.2) is 11.2 Å². The Morgan fingerprint density at radius 2 is 1.95 bits per heavy atom. The first kappa shape index (κ1) is 14.5. The van der Waals surface area contributed by atoms with E-state index >= 15 is 0 Å². The zero-order valence-corrected chi connectivity index (χ0v) is 12.1. The first-order valence-corrected chi connectivity index (χ1v) is 6.31. The van der Waals surface area contributed by atoms with Crippen LogP contribution in [0.1, 0.15) is 5.82 Å². The molecule has 1 N–H and O–H groups in total. The van der Waals surface area contributed by atoms with Gasteiger partial charge in [-0.15, -0.1) is 0 Å². The summed E-state index contributed by atoms with van der Waals surface area (Å²) in [4.78, 5) is 28.9. The van der Waals surface area contributed by atoms with Gasteiger partial charge in [0, 0.05) is 21.2 Å². The van der Waals surface area contributed by atoms with Crippen LogP contribution in [0, 0.1) is 0 Å². The van der Waals surface area contributed by atoms with Gasteiger partial charge in [-0.2, -0.15) is 0 Å². The zero-order chi connectivity index (χ0) is 14.9. The minimum Gasteiger partial charge on any atom is -0.383 e. The van der Waals surface area contributed by atoms with Crippen LogP contribution in [0.2, 0.25) is 0 Å². The lowest BCUT2D eigenvalue weighted by Crippen LogP contribution is -2.39. The molecule has 0 saturated heterocycles. The molecule has 20 heavy (non-hydrogen) atoms. The summed E-state index contributed by atoms with van der Waals surface area (Å²) in [5.41, 5.74) is 0.112. The average molecular weight is 281 g/mol. The van der Waals surface area contributed by atoms with E-state index in [1.807, 2.05) is 0 Å². The highest BCUT2D eigenvalue weighted by atomic mass is 16.5. The summed E-state index contributed by atoms with van der Waals surface area (Å²) >= 11 is 0. The van der Waals surface area contributed by atoms with Crippen LogP contribution in [0.4, 0.5) is 0 Å². The molecule has 8 heteroatoms. The van der Waals surface area contributed by atoms with E-state index in [2.05, 4.69) is 10.3 Å². The van der Waals surface area contributed by atoms with Gasteiger partial charge in [0.05, 0.1) is 19.7 Å². The predicted octanol–water partition coefficient (Wildman–Crippen LogP) is -1.20. The fourth-order valence-electron chi connectivity index (χ4n) is 2.17. The van der Waals surface area contributed by atoms with E-state index in [0.717, 1.165) is 4.57 Å². The van der Waals surface area contributed by atoms with Crippen molar-refractivity contribution in [3.05, 3.63) is 26.7 Å².